The van der Waals surface area contributed by atoms with Gasteiger partial charge in [-0.2, -0.15) is 0 Å². The zero-order chi connectivity index (χ0) is 15.5. The predicted molar refractivity (Wildman–Crippen MR) is 103 cm³/mol. The van der Waals surface area contributed by atoms with Crippen LogP contribution in [0.4, 0.5) is 0 Å². The van der Waals surface area contributed by atoms with E-state index in [4.69, 9.17) is 0 Å². The first kappa shape index (κ1) is 20.7. The second-order valence-corrected chi connectivity index (χ2v) is 5.23. The molecule has 1 aromatic carbocycles. The van der Waals surface area contributed by atoms with Gasteiger partial charge >= 0.3 is 0 Å². The van der Waals surface area contributed by atoms with Crippen LogP contribution in [0.1, 0.15) is 30.6 Å². The highest BCUT2D eigenvalue weighted by molar-refractivity contribution is 14.0. The minimum absolute atomic E-state index is 0. The van der Waals surface area contributed by atoms with Gasteiger partial charge in [-0.1, -0.05) is 32.0 Å². The minimum Gasteiger partial charge on any atom is -0.356 e. The lowest BCUT2D eigenvalue weighted by atomic mass is 10.1. The van der Waals surface area contributed by atoms with Gasteiger partial charge in [0, 0.05) is 32.2 Å². The van der Waals surface area contributed by atoms with Crippen molar-refractivity contribution in [1.82, 2.24) is 16.0 Å². The van der Waals surface area contributed by atoms with Gasteiger partial charge in [-0.25, -0.2) is 0 Å². The number of hydrogen-bond donors (Lipinski definition) is 3. The quantitative estimate of drug-likeness (QED) is 0.276. The van der Waals surface area contributed by atoms with E-state index < -0.39 is 0 Å². The fourth-order valence-corrected chi connectivity index (χ4v) is 1.75. The number of halogens is 1. The maximum Gasteiger partial charge on any atom is 0.251 e. The molecule has 0 heterocycles. The van der Waals surface area contributed by atoms with Gasteiger partial charge in [-0.05, 0) is 24.5 Å². The first-order chi connectivity index (χ1) is 10.1. The summed E-state index contributed by atoms with van der Waals surface area (Å²) in [5, 5.41) is 9.29. The van der Waals surface area contributed by atoms with Gasteiger partial charge in [0.15, 0.2) is 5.96 Å². The first-order valence-electron chi connectivity index (χ1n) is 7.41. The molecular weight excluding hydrogens is 391 g/mol. The third-order valence-electron chi connectivity index (χ3n) is 2.98. The van der Waals surface area contributed by atoms with E-state index in [1.165, 1.54) is 0 Å². The Hall–Kier alpha value is -1.31. The number of rotatable bonds is 7. The van der Waals surface area contributed by atoms with Gasteiger partial charge in [-0.3, -0.25) is 9.79 Å². The molecule has 0 fully saturated rings. The Morgan fingerprint density at radius 1 is 1.05 bits per heavy atom. The minimum atomic E-state index is -0.0554. The standard InChI is InChI=1S/C16H26N4O.HI/c1-13(2)9-10-19-16(17-3)20-12-11-18-15(21)14-7-5-4-6-8-14;/h4-8,13H,9-12H2,1-3H3,(H,18,21)(H2,17,19,20);1H. The van der Waals surface area contributed by atoms with Gasteiger partial charge in [0.05, 0.1) is 0 Å². The molecule has 0 saturated heterocycles. The van der Waals surface area contributed by atoms with Gasteiger partial charge in [0.2, 0.25) is 0 Å². The van der Waals surface area contributed by atoms with Crippen LogP contribution in [0.25, 0.3) is 0 Å². The summed E-state index contributed by atoms with van der Waals surface area (Å²) < 4.78 is 0. The van der Waals surface area contributed by atoms with Gasteiger partial charge in [-0.15, -0.1) is 24.0 Å². The van der Waals surface area contributed by atoms with Crippen LogP contribution >= 0.6 is 24.0 Å². The summed E-state index contributed by atoms with van der Waals surface area (Å²) in [5.41, 5.74) is 0.678. The molecule has 0 aliphatic rings. The number of guanidine groups is 1. The summed E-state index contributed by atoms with van der Waals surface area (Å²) in [7, 11) is 1.74. The molecule has 5 nitrogen and oxygen atoms in total. The van der Waals surface area contributed by atoms with Gasteiger partial charge in [0.25, 0.3) is 5.91 Å². The van der Waals surface area contributed by atoms with Crippen LogP contribution in [-0.4, -0.2) is 38.5 Å². The summed E-state index contributed by atoms with van der Waals surface area (Å²) in [6.45, 7) is 6.47. The van der Waals surface area contributed by atoms with Crippen molar-refractivity contribution in [3.05, 3.63) is 35.9 Å². The summed E-state index contributed by atoms with van der Waals surface area (Å²) in [6.07, 6.45) is 1.10. The number of carbonyl (C=O) groups is 1. The molecule has 1 amide bonds. The number of carbonyl (C=O) groups excluding carboxylic acids is 1. The van der Waals surface area contributed by atoms with E-state index in [-0.39, 0.29) is 29.9 Å². The summed E-state index contributed by atoms with van der Waals surface area (Å²) in [4.78, 5) is 16.0. The largest absolute Gasteiger partial charge is 0.356 e. The molecule has 0 aliphatic heterocycles. The third kappa shape index (κ3) is 8.86. The van der Waals surface area contributed by atoms with Crippen LogP contribution in [0.2, 0.25) is 0 Å². The molecule has 0 spiro atoms. The number of hydrogen-bond acceptors (Lipinski definition) is 2. The van der Waals surface area contributed by atoms with E-state index in [2.05, 4.69) is 34.8 Å². The number of benzene rings is 1. The van der Waals surface area contributed by atoms with E-state index in [1.54, 1.807) is 19.2 Å². The maximum atomic E-state index is 11.8. The highest BCUT2D eigenvalue weighted by Gasteiger charge is 2.03. The number of nitrogens with zero attached hydrogens (tertiary/aromatic N) is 1. The molecule has 1 rings (SSSR count). The molecule has 0 unspecified atom stereocenters. The molecule has 1 aromatic rings. The number of amides is 1. The lowest BCUT2D eigenvalue weighted by Gasteiger charge is -2.13. The topological polar surface area (TPSA) is 65.5 Å². The first-order valence-corrected chi connectivity index (χ1v) is 7.41. The van der Waals surface area contributed by atoms with E-state index in [9.17, 15) is 4.79 Å². The SMILES string of the molecule is CN=C(NCCNC(=O)c1ccccc1)NCCC(C)C.I. The number of nitrogens with one attached hydrogen (secondary N) is 3. The van der Waals surface area contributed by atoms with Crippen LogP contribution in [-0.2, 0) is 0 Å². The molecule has 0 aliphatic carbocycles. The van der Waals surface area contributed by atoms with Crippen LogP contribution < -0.4 is 16.0 Å². The van der Waals surface area contributed by atoms with Crippen molar-refractivity contribution in [2.75, 3.05) is 26.7 Å². The Bertz CT molecular complexity index is 449. The lowest BCUT2D eigenvalue weighted by molar-refractivity contribution is 0.0954. The van der Waals surface area contributed by atoms with Crippen LogP contribution in [0.5, 0.6) is 0 Å². The highest BCUT2D eigenvalue weighted by atomic mass is 127. The summed E-state index contributed by atoms with van der Waals surface area (Å²) >= 11 is 0. The van der Waals surface area contributed by atoms with E-state index >= 15 is 0 Å². The van der Waals surface area contributed by atoms with Crippen molar-refractivity contribution in [3.8, 4) is 0 Å². The molecule has 3 N–H and O–H groups in total. The Morgan fingerprint density at radius 2 is 1.64 bits per heavy atom. The number of aliphatic imine (C=N–C) groups is 1. The molecule has 0 atom stereocenters. The average molecular weight is 418 g/mol. The lowest BCUT2D eigenvalue weighted by Crippen LogP contribution is -2.42. The molecule has 0 bridgehead atoms. The molecule has 0 saturated carbocycles. The normalized spacial score (nSPS) is 10.8. The highest BCUT2D eigenvalue weighted by Crippen LogP contribution is 1.97. The predicted octanol–water partition coefficient (Wildman–Crippen LogP) is 2.25. The van der Waals surface area contributed by atoms with Crippen LogP contribution in [0, 0.1) is 5.92 Å². The smallest absolute Gasteiger partial charge is 0.251 e. The van der Waals surface area contributed by atoms with Gasteiger partial charge in [0.1, 0.15) is 0 Å². The molecule has 0 radical (unpaired) electrons. The molecule has 6 heteroatoms. The van der Waals surface area contributed by atoms with Crippen molar-refractivity contribution in [2.45, 2.75) is 20.3 Å². The van der Waals surface area contributed by atoms with Crippen molar-refractivity contribution >= 4 is 35.8 Å². The van der Waals surface area contributed by atoms with E-state index in [0.29, 0.717) is 24.6 Å². The fraction of sp³-hybridized carbons (Fsp3) is 0.500. The van der Waals surface area contributed by atoms with Crippen LogP contribution in [0.15, 0.2) is 35.3 Å². The second-order valence-electron chi connectivity index (χ2n) is 5.23. The Labute approximate surface area is 150 Å². The summed E-state index contributed by atoms with van der Waals surface area (Å²) in [5.74, 6) is 1.38. The van der Waals surface area contributed by atoms with Crippen molar-refractivity contribution in [3.63, 3.8) is 0 Å². The summed E-state index contributed by atoms with van der Waals surface area (Å²) in [6, 6.07) is 9.21. The Balaban J connectivity index is 0.00000441. The van der Waals surface area contributed by atoms with Crippen molar-refractivity contribution in [2.24, 2.45) is 10.9 Å². The Kier molecular flexibility index (Phi) is 11.5. The monoisotopic (exact) mass is 418 g/mol. The molecule has 124 valence electrons. The average Bonchev–Trinajstić information content (AvgIpc) is 2.50. The van der Waals surface area contributed by atoms with Crippen LogP contribution in [0.3, 0.4) is 0 Å². The zero-order valence-electron chi connectivity index (χ0n) is 13.6. The third-order valence-corrected chi connectivity index (χ3v) is 2.98. The fourth-order valence-electron chi connectivity index (χ4n) is 1.75. The molecular formula is C16H27IN4O. The van der Waals surface area contributed by atoms with E-state index in [0.717, 1.165) is 18.9 Å². The second kappa shape index (κ2) is 12.3. The molecule has 0 aromatic heterocycles. The zero-order valence-corrected chi connectivity index (χ0v) is 15.9. The van der Waals surface area contributed by atoms with Crippen molar-refractivity contribution in [1.29, 1.82) is 0 Å². The van der Waals surface area contributed by atoms with E-state index in [1.807, 2.05) is 18.2 Å². The Morgan fingerprint density at radius 3 is 2.23 bits per heavy atom. The van der Waals surface area contributed by atoms with Gasteiger partial charge < -0.3 is 16.0 Å². The molecule has 22 heavy (non-hydrogen) atoms. The maximum absolute atomic E-state index is 11.8. The van der Waals surface area contributed by atoms with Crippen molar-refractivity contribution < 1.29 is 4.79 Å².